The van der Waals surface area contributed by atoms with Crippen LogP contribution in [0.1, 0.15) is 5.56 Å². The molecule has 0 unspecified atom stereocenters. The number of rotatable bonds is 3. The van der Waals surface area contributed by atoms with Crippen LogP contribution in [0.4, 0.5) is 10.1 Å². The molecule has 5 heteroatoms. The molecule has 132 valence electrons. The van der Waals surface area contributed by atoms with Gasteiger partial charge < -0.3 is 10.2 Å². The molecule has 0 aliphatic rings. The maximum absolute atomic E-state index is 14.4. The summed E-state index contributed by atoms with van der Waals surface area (Å²) in [4.78, 5) is 9.01. The lowest BCUT2D eigenvalue weighted by Crippen LogP contribution is -1.91. The quantitative estimate of drug-likeness (QED) is 0.391. The van der Waals surface area contributed by atoms with Gasteiger partial charge >= 0.3 is 0 Å². The Balaban J connectivity index is 1.90. The van der Waals surface area contributed by atoms with Crippen molar-refractivity contribution in [1.82, 2.24) is 4.98 Å². The van der Waals surface area contributed by atoms with Crippen molar-refractivity contribution in [2.45, 2.75) is 0 Å². The van der Waals surface area contributed by atoms with Crippen molar-refractivity contribution >= 4 is 22.8 Å². The molecule has 0 bridgehead atoms. The summed E-state index contributed by atoms with van der Waals surface area (Å²) >= 11 is 0. The predicted octanol–water partition coefficient (Wildman–Crippen LogP) is 5.20. The van der Waals surface area contributed by atoms with E-state index < -0.39 is 5.82 Å². The first-order chi connectivity index (χ1) is 13.1. The summed E-state index contributed by atoms with van der Waals surface area (Å²) in [7, 11) is 0. The van der Waals surface area contributed by atoms with E-state index in [1.165, 1.54) is 18.3 Å². The first-order valence-electron chi connectivity index (χ1n) is 8.33. The Morgan fingerprint density at radius 2 is 1.67 bits per heavy atom. The minimum absolute atomic E-state index is 0.232. The number of benzene rings is 3. The molecule has 0 fully saturated rings. The fraction of sp³-hybridized carbons (Fsp3) is 0. The molecule has 0 aliphatic carbocycles. The summed E-state index contributed by atoms with van der Waals surface area (Å²) in [6.07, 6.45) is 1.42. The van der Waals surface area contributed by atoms with Gasteiger partial charge in [-0.05, 0) is 36.4 Å². The molecule has 0 amide bonds. The minimum atomic E-state index is -0.392. The van der Waals surface area contributed by atoms with Gasteiger partial charge in [0.2, 0.25) is 0 Å². The average Bonchev–Trinajstić information content (AvgIpc) is 2.69. The fourth-order valence-corrected chi connectivity index (χ4v) is 2.85. The molecular formula is C22H15FN2O2. The van der Waals surface area contributed by atoms with Crippen LogP contribution in [-0.2, 0) is 0 Å². The van der Waals surface area contributed by atoms with E-state index in [0.29, 0.717) is 22.5 Å². The van der Waals surface area contributed by atoms with E-state index in [9.17, 15) is 14.6 Å². The monoisotopic (exact) mass is 358 g/mol. The third-order valence-corrected chi connectivity index (χ3v) is 4.22. The summed E-state index contributed by atoms with van der Waals surface area (Å²) in [5, 5.41) is 20.5. The lowest BCUT2D eigenvalue weighted by Gasteiger charge is -2.09. The molecule has 2 N–H and O–H groups in total. The number of aliphatic imine (C=N–C) groups is 1. The summed E-state index contributed by atoms with van der Waals surface area (Å²) in [5.74, 6) is -0.885. The van der Waals surface area contributed by atoms with Crippen molar-refractivity contribution in [3.8, 4) is 22.8 Å². The van der Waals surface area contributed by atoms with E-state index in [0.717, 1.165) is 10.9 Å². The number of aromatic nitrogens is 1. The average molecular weight is 358 g/mol. The number of para-hydroxylation sites is 2. The van der Waals surface area contributed by atoms with Gasteiger partial charge in [0.1, 0.15) is 5.82 Å². The van der Waals surface area contributed by atoms with E-state index in [2.05, 4.69) is 9.98 Å². The molecule has 4 rings (SSSR count). The Hall–Kier alpha value is -3.73. The number of fused-ring (bicyclic) bond motifs is 1. The van der Waals surface area contributed by atoms with Crippen molar-refractivity contribution < 1.29 is 14.6 Å². The molecule has 0 aliphatic heterocycles. The van der Waals surface area contributed by atoms with Gasteiger partial charge in [0.15, 0.2) is 11.5 Å². The lowest BCUT2D eigenvalue weighted by atomic mass is 10.1. The zero-order chi connectivity index (χ0) is 18.8. The van der Waals surface area contributed by atoms with E-state index >= 15 is 0 Å². The van der Waals surface area contributed by atoms with E-state index in [1.54, 1.807) is 30.3 Å². The summed E-state index contributed by atoms with van der Waals surface area (Å²) in [6.45, 7) is 0. The number of nitrogens with zero attached hydrogens (tertiary/aromatic N) is 2. The first-order valence-corrected chi connectivity index (χ1v) is 8.33. The Bertz CT molecular complexity index is 1170. The molecule has 3 aromatic carbocycles. The number of aromatic hydroxyl groups is 2. The zero-order valence-corrected chi connectivity index (χ0v) is 14.2. The topological polar surface area (TPSA) is 65.7 Å². The highest BCUT2D eigenvalue weighted by molar-refractivity contribution is 5.92. The van der Waals surface area contributed by atoms with Crippen LogP contribution in [0.3, 0.4) is 0 Å². The largest absolute Gasteiger partial charge is 0.504 e. The third kappa shape index (κ3) is 3.22. The van der Waals surface area contributed by atoms with Gasteiger partial charge in [0.25, 0.3) is 0 Å². The Kier molecular flexibility index (Phi) is 4.26. The molecule has 0 radical (unpaired) electrons. The molecule has 27 heavy (non-hydrogen) atoms. The summed E-state index contributed by atoms with van der Waals surface area (Å²) in [6, 6.07) is 20.3. The van der Waals surface area contributed by atoms with Gasteiger partial charge in [0, 0.05) is 22.7 Å². The maximum atomic E-state index is 14.4. The van der Waals surface area contributed by atoms with E-state index in [4.69, 9.17) is 0 Å². The van der Waals surface area contributed by atoms with Crippen LogP contribution in [0.15, 0.2) is 77.8 Å². The number of hydrogen-bond donors (Lipinski definition) is 2. The maximum Gasteiger partial charge on any atom is 0.166 e. The van der Waals surface area contributed by atoms with Crippen LogP contribution in [-0.4, -0.2) is 21.4 Å². The molecule has 0 spiro atoms. The second kappa shape index (κ2) is 6.88. The van der Waals surface area contributed by atoms with E-state index in [1.807, 2.05) is 30.3 Å². The van der Waals surface area contributed by atoms with Gasteiger partial charge in [-0.15, -0.1) is 0 Å². The SMILES string of the molecule is Oc1cccc(C=Nc2cc3ccccc3nc2-c2ccccc2F)c1O. The van der Waals surface area contributed by atoms with Crippen molar-refractivity contribution in [3.05, 3.63) is 84.2 Å². The summed E-state index contributed by atoms with van der Waals surface area (Å²) in [5.41, 5.74) is 2.29. The van der Waals surface area contributed by atoms with Crippen LogP contribution in [0.25, 0.3) is 22.2 Å². The second-order valence-electron chi connectivity index (χ2n) is 6.00. The van der Waals surface area contributed by atoms with Crippen molar-refractivity contribution in [1.29, 1.82) is 0 Å². The van der Waals surface area contributed by atoms with Gasteiger partial charge in [-0.3, -0.25) is 4.99 Å². The van der Waals surface area contributed by atoms with Gasteiger partial charge in [-0.1, -0.05) is 36.4 Å². The second-order valence-corrected chi connectivity index (χ2v) is 6.00. The molecule has 1 aromatic heterocycles. The molecule has 0 atom stereocenters. The zero-order valence-electron chi connectivity index (χ0n) is 14.2. The molecule has 0 saturated carbocycles. The van der Waals surface area contributed by atoms with Gasteiger partial charge in [-0.2, -0.15) is 0 Å². The highest BCUT2D eigenvalue weighted by atomic mass is 19.1. The summed E-state index contributed by atoms with van der Waals surface area (Å²) < 4.78 is 14.4. The first kappa shape index (κ1) is 16.7. The number of phenols is 2. The number of phenolic OH excluding ortho intramolecular Hbond substituents is 2. The van der Waals surface area contributed by atoms with Crippen LogP contribution in [0.5, 0.6) is 11.5 Å². The van der Waals surface area contributed by atoms with Crippen LogP contribution >= 0.6 is 0 Å². The molecule has 0 saturated heterocycles. The fourth-order valence-electron chi connectivity index (χ4n) is 2.85. The molecule has 4 nitrogen and oxygen atoms in total. The number of halogens is 1. The molecule has 4 aromatic rings. The van der Waals surface area contributed by atoms with Gasteiger partial charge in [0.05, 0.1) is 16.9 Å². The standard InChI is InChI=1S/C22H15FN2O2/c23-17-9-3-2-8-16(17)21-19(12-14-6-1-4-10-18(14)25-21)24-13-15-7-5-11-20(26)22(15)27/h1-13,26-27H. The Labute approximate surface area is 154 Å². The van der Waals surface area contributed by atoms with Crippen LogP contribution in [0.2, 0.25) is 0 Å². The van der Waals surface area contributed by atoms with Gasteiger partial charge in [-0.25, -0.2) is 9.37 Å². The van der Waals surface area contributed by atoms with Crippen molar-refractivity contribution in [2.75, 3.05) is 0 Å². The highest BCUT2D eigenvalue weighted by Crippen LogP contribution is 2.34. The lowest BCUT2D eigenvalue weighted by molar-refractivity contribution is 0.403. The predicted molar refractivity (Wildman–Crippen MR) is 104 cm³/mol. The number of hydrogen-bond acceptors (Lipinski definition) is 4. The number of pyridine rings is 1. The van der Waals surface area contributed by atoms with Crippen LogP contribution in [0, 0.1) is 5.82 Å². The third-order valence-electron chi connectivity index (χ3n) is 4.22. The van der Waals surface area contributed by atoms with Crippen molar-refractivity contribution in [2.24, 2.45) is 4.99 Å². The van der Waals surface area contributed by atoms with Crippen molar-refractivity contribution in [3.63, 3.8) is 0 Å². The van der Waals surface area contributed by atoms with E-state index in [-0.39, 0.29) is 11.5 Å². The highest BCUT2D eigenvalue weighted by Gasteiger charge is 2.13. The molecular weight excluding hydrogens is 343 g/mol. The molecule has 1 heterocycles. The minimum Gasteiger partial charge on any atom is -0.504 e. The van der Waals surface area contributed by atoms with Crippen LogP contribution < -0.4 is 0 Å². The Morgan fingerprint density at radius 1 is 0.889 bits per heavy atom. The Morgan fingerprint density at radius 3 is 2.52 bits per heavy atom. The smallest absolute Gasteiger partial charge is 0.166 e. The normalized spacial score (nSPS) is 11.3.